The highest BCUT2D eigenvalue weighted by Crippen LogP contribution is 2.41. The first-order valence-electron chi connectivity index (χ1n) is 13.4. The highest BCUT2D eigenvalue weighted by atomic mass is 35.5. The van der Waals surface area contributed by atoms with E-state index in [0.717, 1.165) is 37.1 Å². The lowest BCUT2D eigenvalue weighted by Crippen LogP contribution is -2.41. The van der Waals surface area contributed by atoms with Crippen molar-refractivity contribution in [2.24, 2.45) is 0 Å². The second kappa shape index (κ2) is 11.9. The number of nitrogens with zero attached hydrogens (tertiary/aromatic N) is 4. The molecule has 0 radical (unpaired) electrons. The zero-order chi connectivity index (χ0) is 29.3. The molecule has 10 heteroatoms. The molecule has 1 aliphatic rings. The Kier molecular flexibility index (Phi) is 7.98. The van der Waals surface area contributed by atoms with E-state index in [2.05, 4.69) is 40.3 Å². The van der Waals surface area contributed by atoms with E-state index in [9.17, 15) is 5.26 Å². The molecule has 1 N–H and O–H groups in total. The molecular formula is C30H31Cl2N5O3. The number of pyridine rings is 1. The number of anilines is 2. The molecule has 1 aliphatic heterocycles. The maximum atomic E-state index is 9.86. The topological polar surface area (TPSA) is 86.8 Å². The fraction of sp³-hybridized carbons (Fsp3) is 0.333. The average molecular weight is 582 g/mol. The number of benzene rings is 2. The molecule has 0 amide bonds. The van der Waals surface area contributed by atoms with Crippen LogP contribution in [0.5, 0.6) is 11.5 Å². The van der Waals surface area contributed by atoms with E-state index in [4.69, 9.17) is 38.5 Å². The standard InChI is InChI=1S/C30H31Cl2N5O3/c1-36(2)20-5-7-37(8-6-20)16-21-9-18(17-40-21)22-10-26-23(11-28(22)38-3)30(19(14-33)15-34-26)35-27-13-29(39-4)25(32)12-24(27)31/h9-13,15,17,20H,5-8,16H2,1-4H3,(H,34,35)/i16D. The summed E-state index contributed by atoms with van der Waals surface area (Å²) in [6, 6.07) is 11.6. The molecule has 2 aromatic carbocycles. The maximum absolute atomic E-state index is 9.86. The highest BCUT2D eigenvalue weighted by molar-refractivity contribution is 6.37. The van der Waals surface area contributed by atoms with E-state index in [-0.39, 0.29) is 0 Å². The van der Waals surface area contributed by atoms with Gasteiger partial charge in [-0.25, -0.2) is 0 Å². The molecule has 1 unspecified atom stereocenters. The number of halogens is 2. The van der Waals surface area contributed by atoms with Crippen LogP contribution in [0.4, 0.5) is 11.4 Å². The minimum atomic E-state index is -0.591. The second-order valence-electron chi connectivity index (χ2n) is 9.92. The molecule has 8 nitrogen and oxygen atoms in total. The van der Waals surface area contributed by atoms with Gasteiger partial charge in [-0.05, 0) is 51.2 Å². The average Bonchev–Trinajstić information content (AvgIpc) is 3.47. The van der Waals surface area contributed by atoms with Gasteiger partial charge in [0.25, 0.3) is 0 Å². The third-order valence-electron chi connectivity index (χ3n) is 7.28. The lowest BCUT2D eigenvalue weighted by Gasteiger charge is -2.34. The minimum absolute atomic E-state index is 0.331. The fourth-order valence-corrected chi connectivity index (χ4v) is 5.53. The highest BCUT2D eigenvalue weighted by Gasteiger charge is 2.22. The molecule has 208 valence electrons. The number of methoxy groups -OCH3 is 2. The maximum Gasteiger partial charge on any atom is 0.139 e. The number of hydrogen-bond donors (Lipinski definition) is 1. The van der Waals surface area contributed by atoms with Crippen molar-refractivity contribution in [3.8, 4) is 28.7 Å². The summed E-state index contributed by atoms with van der Waals surface area (Å²) in [7, 11) is 7.31. The zero-order valence-corrected chi connectivity index (χ0v) is 24.3. The van der Waals surface area contributed by atoms with Crippen LogP contribution in [0.25, 0.3) is 22.0 Å². The van der Waals surface area contributed by atoms with Crippen molar-refractivity contribution in [1.29, 1.82) is 5.26 Å². The predicted octanol–water partition coefficient (Wildman–Crippen LogP) is 6.96. The van der Waals surface area contributed by atoms with Crippen molar-refractivity contribution in [3.05, 3.63) is 64.2 Å². The fourth-order valence-electron chi connectivity index (χ4n) is 5.02. The Bertz CT molecular complexity index is 1610. The Hall–Kier alpha value is -3.48. The first-order chi connectivity index (χ1) is 19.7. The molecule has 2 aromatic heterocycles. The van der Waals surface area contributed by atoms with Crippen LogP contribution in [-0.4, -0.2) is 62.2 Å². The van der Waals surface area contributed by atoms with E-state index in [1.165, 1.54) is 13.3 Å². The molecule has 4 aromatic rings. The van der Waals surface area contributed by atoms with Gasteiger partial charge in [0.15, 0.2) is 0 Å². The molecule has 1 saturated heterocycles. The molecular weight excluding hydrogens is 549 g/mol. The van der Waals surface area contributed by atoms with Gasteiger partial charge in [0.05, 0.1) is 60.9 Å². The van der Waals surface area contributed by atoms with Gasteiger partial charge in [-0.1, -0.05) is 23.2 Å². The van der Waals surface area contributed by atoms with Crippen LogP contribution in [0.2, 0.25) is 10.0 Å². The Morgan fingerprint density at radius 3 is 2.55 bits per heavy atom. The Morgan fingerprint density at radius 2 is 1.88 bits per heavy atom. The van der Waals surface area contributed by atoms with Crippen molar-refractivity contribution < 1.29 is 15.3 Å². The van der Waals surface area contributed by atoms with E-state index in [1.807, 2.05) is 18.2 Å². The third-order valence-corrected chi connectivity index (χ3v) is 7.89. The van der Waals surface area contributed by atoms with Crippen LogP contribution in [0, 0.1) is 11.3 Å². The van der Waals surface area contributed by atoms with Crippen LogP contribution in [0.3, 0.4) is 0 Å². The van der Waals surface area contributed by atoms with Crippen LogP contribution in [0.1, 0.15) is 25.5 Å². The Labute approximate surface area is 245 Å². The first kappa shape index (κ1) is 26.7. The third kappa shape index (κ3) is 5.70. The van der Waals surface area contributed by atoms with Gasteiger partial charge in [-0.15, -0.1) is 0 Å². The first-order valence-corrected chi connectivity index (χ1v) is 13.6. The predicted molar refractivity (Wildman–Crippen MR) is 159 cm³/mol. The summed E-state index contributed by atoms with van der Waals surface area (Å²) < 4.78 is 25.8. The van der Waals surface area contributed by atoms with Crippen molar-refractivity contribution in [2.45, 2.75) is 25.4 Å². The van der Waals surface area contributed by atoms with Crippen molar-refractivity contribution in [2.75, 3.05) is 46.7 Å². The van der Waals surface area contributed by atoms with Crippen LogP contribution >= 0.6 is 23.2 Å². The zero-order valence-electron chi connectivity index (χ0n) is 23.8. The molecule has 5 rings (SSSR count). The largest absolute Gasteiger partial charge is 0.496 e. The molecule has 1 atom stereocenters. The molecule has 0 saturated carbocycles. The van der Waals surface area contributed by atoms with E-state index in [1.54, 1.807) is 25.5 Å². The molecule has 0 spiro atoms. The molecule has 1 fully saturated rings. The summed E-state index contributed by atoms with van der Waals surface area (Å²) in [6.07, 6.45) is 5.21. The smallest absolute Gasteiger partial charge is 0.139 e. The summed E-state index contributed by atoms with van der Waals surface area (Å²) in [4.78, 5) is 8.94. The number of nitriles is 1. The van der Waals surface area contributed by atoms with E-state index in [0.29, 0.717) is 61.2 Å². The molecule has 3 heterocycles. The lowest BCUT2D eigenvalue weighted by molar-refractivity contribution is 0.133. The van der Waals surface area contributed by atoms with Crippen LogP contribution < -0.4 is 14.8 Å². The number of ether oxygens (including phenoxy) is 2. The summed E-state index contributed by atoms with van der Waals surface area (Å²) in [5.41, 5.74) is 3.56. The van der Waals surface area contributed by atoms with Gasteiger partial charge in [0, 0.05) is 47.9 Å². The summed E-state index contributed by atoms with van der Waals surface area (Å²) in [5, 5.41) is 14.5. The normalized spacial score (nSPS) is 15.6. The van der Waals surface area contributed by atoms with Crippen LogP contribution in [0.15, 0.2) is 47.2 Å². The lowest BCUT2D eigenvalue weighted by atomic mass is 10.0. The van der Waals surface area contributed by atoms with Crippen molar-refractivity contribution >= 4 is 45.5 Å². The summed E-state index contributed by atoms with van der Waals surface area (Å²) in [6.45, 7) is 1.10. The monoisotopic (exact) mass is 580 g/mol. The Morgan fingerprint density at radius 1 is 1.12 bits per heavy atom. The van der Waals surface area contributed by atoms with Gasteiger partial charge in [-0.2, -0.15) is 5.26 Å². The van der Waals surface area contributed by atoms with Gasteiger partial charge in [0.1, 0.15) is 23.3 Å². The molecule has 0 aliphatic carbocycles. The van der Waals surface area contributed by atoms with E-state index < -0.39 is 6.52 Å². The van der Waals surface area contributed by atoms with Gasteiger partial charge in [-0.3, -0.25) is 9.88 Å². The van der Waals surface area contributed by atoms with Gasteiger partial charge < -0.3 is 24.1 Å². The number of rotatable bonds is 8. The summed E-state index contributed by atoms with van der Waals surface area (Å²) >= 11 is 12.7. The SMILES string of the molecule is [2H]C(c1cc(-c2cc3ncc(C#N)c(Nc4cc(OC)c(Cl)cc4Cl)c3cc2OC)co1)N1CCC(N(C)C)CC1. The van der Waals surface area contributed by atoms with Gasteiger partial charge >= 0.3 is 0 Å². The van der Waals surface area contributed by atoms with Gasteiger partial charge in [0.2, 0.25) is 0 Å². The van der Waals surface area contributed by atoms with Crippen LogP contribution in [-0.2, 0) is 6.52 Å². The van der Waals surface area contributed by atoms with Crippen molar-refractivity contribution in [1.82, 2.24) is 14.8 Å². The summed E-state index contributed by atoms with van der Waals surface area (Å²) in [5.74, 6) is 1.59. The number of nitrogens with one attached hydrogen (secondary N) is 1. The number of hydrogen-bond acceptors (Lipinski definition) is 8. The number of furan rings is 1. The second-order valence-corrected chi connectivity index (χ2v) is 10.7. The number of piperidine rings is 1. The van der Waals surface area contributed by atoms with E-state index >= 15 is 0 Å². The van der Waals surface area contributed by atoms with Crippen molar-refractivity contribution in [3.63, 3.8) is 0 Å². The molecule has 40 heavy (non-hydrogen) atoms. The number of fused-ring (bicyclic) bond motifs is 1. The number of aromatic nitrogens is 1. The Balaban J connectivity index is 1.49. The molecule has 0 bridgehead atoms. The quantitative estimate of drug-likeness (QED) is 0.239. The minimum Gasteiger partial charge on any atom is -0.496 e. The number of likely N-dealkylation sites (tertiary alicyclic amines) is 1.